The molecule has 0 fully saturated rings. The molecule has 0 aromatic heterocycles. The van der Waals surface area contributed by atoms with Crippen LogP contribution in [0.15, 0.2) is 36.3 Å². The van der Waals surface area contributed by atoms with Crippen molar-refractivity contribution in [2.24, 2.45) is 0 Å². The Labute approximate surface area is 111 Å². The summed E-state index contributed by atoms with van der Waals surface area (Å²) in [6.07, 6.45) is 0.972. The van der Waals surface area contributed by atoms with Gasteiger partial charge in [-0.25, -0.2) is 0 Å². The summed E-state index contributed by atoms with van der Waals surface area (Å²) in [5.74, 6) is 0.484. The van der Waals surface area contributed by atoms with Crippen LogP contribution in [0.1, 0.15) is 12.5 Å². The molecule has 0 bridgehead atoms. The fourth-order valence-corrected chi connectivity index (χ4v) is 1.71. The first-order chi connectivity index (χ1) is 8.56. The minimum absolute atomic E-state index is 0.462. The molecule has 0 heterocycles. The summed E-state index contributed by atoms with van der Waals surface area (Å²) in [4.78, 5) is 12.0. The van der Waals surface area contributed by atoms with Crippen molar-refractivity contribution in [1.82, 2.24) is 10.2 Å². The fraction of sp³-hybridized carbons (Fsp3) is 0.333. The minimum Gasteiger partial charge on any atom is -0.370 e. The molecule has 6 heteroatoms. The number of rotatable bonds is 6. The molecule has 0 radical (unpaired) electrons. The molecule has 0 aliphatic heterocycles. The lowest BCUT2D eigenvalue weighted by Crippen LogP contribution is -2.30. The maximum atomic E-state index is 10.5. The van der Waals surface area contributed by atoms with Crippen LogP contribution >= 0.6 is 11.6 Å². The van der Waals surface area contributed by atoms with Crippen LogP contribution in [-0.2, 0) is 6.54 Å². The maximum absolute atomic E-state index is 10.5. The number of halogens is 1. The zero-order valence-electron chi connectivity index (χ0n) is 10.4. The second kappa shape index (κ2) is 6.86. The summed E-state index contributed by atoms with van der Waals surface area (Å²) in [5, 5.41) is 14.0. The van der Waals surface area contributed by atoms with E-state index >= 15 is 0 Å². The topological polar surface area (TPSA) is 58.4 Å². The number of nitrogens with zero attached hydrogens (tertiary/aromatic N) is 2. The van der Waals surface area contributed by atoms with Gasteiger partial charge in [0.1, 0.15) is 0 Å². The number of nitro groups is 1. The van der Waals surface area contributed by atoms with Gasteiger partial charge in [0.25, 0.3) is 6.20 Å². The molecule has 0 unspecified atom stereocenters. The Kier molecular flexibility index (Phi) is 5.45. The Morgan fingerprint density at radius 1 is 1.50 bits per heavy atom. The van der Waals surface area contributed by atoms with E-state index in [9.17, 15) is 10.1 Å². The van der Waals surface area contributed by atoms with Crippen LogP contribution in [0, 0.1) is 10.1 Å². The van der Waals surface area contributed by atoms with Crippen molar-refractivity contribution in [3.63, 3.8) is 0 Å². The minimum atomic E-state index is -0.462. The van der Waals surface area contributed by atoms with Crippen LogP contribution in [0.2, 0.25) is 5.02 Å². The van der Waals surface area contributed by atoms with E-state index in [1.807, 2.05) is 24.0 Å². The summed E-state index contributed by atoms with van der Waals surface area (Å²) in [5.41, 5.74) is 1.05. The number of hydrogen-bond acceptors (Lipinski definition) is 4. The lowest BCUT2D eigenvalue weighted by molar-refractivity contribution is -0.404. The van der Waals surface area contributed by atoms with Gasteiger partial charge in [0, 0.05) is 25.2 Å². The van der Waals surface area contributed by atoms with Gasteiger partial charge >= 0.3 is 0 Å². The normalized spacial score (nSPS) is 11.2. The number of nitrogens with one attached hydrogen (secondary N) is 1. The summed E-state index contributed by atoms with van der Waals surface area (Å²) < 4.78 is 0. The molecule has 0 aliphatic rings. The molecule has 0 amide bonds. The van der Waals surface area contributed by atoms with Gasteiger partial charge < -0.3 is 10.2 Å². The van der Waals surface area contributed by atoms with E-state index in [4.69, 9.17) is 11.6 Å². The molecule has 0 spiro atoms. The second-order valence-corrected chi connectivity index (χ2v) is 4.13. The zero-order valence-corrected chi connectivity index (χ0v) is 11.1. The Hall–Kier alpha value is -1.75. The Balaban J connectivity index is 2.83. The van der Waals surface area contributed by atoms with Crippen molar-refractivity contribution in [2.75, 3.05) is 13.6 Å². The monoisotopic (exact) mass is 269 g/mol. The molecule has 0 atom stereocenters. The molecular weight excluding hydrogens is 254 g/mol. The third-order valence-corrected chi connectivity index (χ3v) is 2.74. The molecule has 1 rings (SSSR count). The summed E-state index contributed by atoms with van der Waals surface area (Å²) >= 11 is 5.81. The molecule has 0 aliphatic carbocycles. The molecular formula is C12H16ClN3O2. The first kappa shape index (κ1) is 14.3. The molecule has 18 heavy (non-hydrogen) atoms. The highest BCUT2D eigenvalue weighted by atomic mass is 35.5. The van der Waals surface area contributed by atoms with E-state index in [-0.39, 0.29) is 0 Å². The smallest absolute Gasteiger partial charge is 0.274 e. The van der Waals surface area contributed by atoms with Gasteiger partial charge in [-0.1, -0.05) is 23.7 Å². The van der Waals surface area contributed by atoms with Gasteiger partial charge in [-0.15, -0.1) is 0 Å². The van der Waals surface area contributed by atoms with E-state index in [1.165, 1.54) is 0 Å². The van der Waals surface area contributed by atoms with E-state index in [0.29, 0.717) is 23.9 Å². The Morgan fingerprint density at radius 3 is 2.56 bits per heavy atom. The first-order valence-electron chi connectivity index (χ1n) is 5.59. The molecule has 0 saturated carbocycles. The van der Waals surface area contributed by atoms with E-state index in [1.54, 1.807) is 19.2 Å². The molecule has 1 aromatic carbocycles. The number of benzene rings is 1. The third kappa shape index (κ3) is 4.25. The standard InChI is InChI=1S/C12H16ClN3O2/c1-3-15(12(14-2)9-16(17)18)8-10-4-6-11(13)7-5-10/h4-7,9,14H,3,8H2,1-2H3/b12-9-. The molecule has 98 valence electrons. The average molecular weight is 270 g/mol. The molecule has 1 aromatic rings. The largest absolute Gasteiger partial charge is 0.370 e. The predicted octanol–water partition coefficient (Wildman–Crippen LogP) is 2.46. The molecule has 5 nitrogen and oxygen atoms in total. The average Bonchev–Trinajstić information content (AvgIpc) is 2.35. The first-order valence-corrected chi connectivity index (χ1v) is 5.97. The predicted molar refractivity (Wildman–Crippen MR) is 71.7 cm³/mol. The van der Waals surface area contributed by atoms with Crippen molar-refractivity contribution in [3.05, 3.63) is 57.0 Å². The van der Waals surface area contributed by atoms with Crippen molar-refractivity contribution < 1.29 is 4.92 Å². The molecule has 0 saturated heterocycles. The lowest BCUT2D eigenvalue weighted by atomic mass is 10.2. The summed E-state index contributed by atoms with van der Waals surface area (Å²) in [6, 6.07) is 7.43. The van der Waals surface area contributed by atoms with Crippen LogP contribution in [-0.4, -0.2) is 23.4 Å². The maximum Gasteiger partial charge on any atom is 0.274 e. The van der Waals surface area contributed by atoms with Crippen molar-refractivity contribution in [2.45, 2.75) is 13.5 Å². The summed E-state index contributed by atoms with van der Waals surface area (Å²) in [6.45, 7) is 3.21. The van der Waals surface area contributed by atoms with Gasteiger partial charge in [-0.3, -0.25) is 10.1 Å². The SMILES string of the molecule is CCN(Cc1ccc(Cl)cc1)/C(=C\[N+](=O)[O-])NC. The van der Waals surface area contributed by atoms with Crippen molar-refractivity contribution in [3.8, 4) is 0 Å². The van der Waals surface area contributed by atoms with Crippen LogP contribution in [0.3, 0.4) is 0 Å². The van der Waals surface area contributed by atoms with E-state index in [2.05, 4.69) is 5.32 Å². The highest BCUT2D eigenvalue weighted by molar-refractivity contribution is 6.30. The lowest BCUT2D eigenvalue weighted by Gasteiger charge is -2.23. The van der Waals surface area contributed by atoms with E-state index < -0.39 is 4.92 Å². The van der Waals surface area contributed by atoms with Gasteiger partial charge in [-0.05, 0) is 24.6 Å². The van der Waals surface area contributed by atoms with Gasteiger partial charge in [0.2, 0.25) is 0 Å². The van der Waals surface area contributed by atoms with Gasteiger partial charge in [0.15, 0.2) is 5.82 Å². The van der Waals surface area contributed by atoms with Crippen LogP contribution < -0.4 is 5.32 Å². The van der Waals surface area contributed by atoms with Crippen LogP contribution in [0.4, 0.5) is 0 Å². The van der Waals surface area contributed by atoms with Crippen LogP contribution in [0.25, 0.3) is 0 Å². The Morgan fingerprint density at radius 2 is 2.11 bits per heavy atom. The zero-order chi connectivity index (χ0) is 13.5. The van der Waals surface area contributed by atoms with Gasteiger partial charge in [0.05, 0.1) is 4.92 Å². The van der Waals surface area contributed by atoms with Crippen molar-refractivity contribution in [1.29, 1.82) is 0 Å². The van der Waals surface area contributed by atoms with Gasteiger partial charge in [-0.2, -0.15) is 0 Å². The third-order valence-electron chi connectivity index (χ3n) is 2.49. The Bertz CT molecular complexity index is 431. The summed E-state index contributed by atoms with van der Waals surface area (Å²) in [7, 11) is 1.67. The second-order valence-electron chi connectivity index (χ2n) is 3.69. The van der Waals surface area contributed by atoms with E-state index in [0.717, 1.165) is 11.8 Å². The number of hydrogen-bond donors (Lipinski definition) is 1. The fourth-order valence-electron chi connectivity index (χ4n) is 1.58. The quantitative estimate of drug-likeness (QED) is 0.637. The highest BCUT2D eigenvalue weighted by Crippen LogP contribution is 2.13. The molecule has 1 N–H and O–H groups in total. The van der Waals surface area contributed by atoms with Crippen molar-refractivity contribution >= 4 is 11.6 Å². The van der Waals surface area contributed by atoms with Crippen LogP contribution in [0.5, 0.6) is 0 Å². The highest BCUT2D eigenvalue weighted by Gasteiger charge is 2.10.